The molecule has 0 radical (unpaired) electrons. The van der Waals surface area contributed by atoms with Gasteiger partial charge in [0.15, 0.2) is 0 Å². The maximum Gasteiger partial charge on any atom is 0.239 e. The molecule has 2 rings (SSSR count). The van der Waals surface area contributed by atoms with E-state index in [1.165, 1.54) is 12.7 Å². The third-order valence-corrected chi connectivity index (χ3v) is 3.46. The first-order valence-corrected chi connectivity index (χ1v) is 7.28. The smallest absolute Gasteiger partial charge is 0.239 e. The second-order valence-corrected chi connectivity index (χ2v) is 5.35. The third-order valence-electron chi connectivity index (χ3n) is 3.46. The molecular formula is C18H23ClN2O2. The van der Waals surface area contributed by atoms with Gasteiger partial charge in [-0.05, 0) is 29.7 Å². The van der Waals surface area contributed by atoms with Gasteiger partial charge in [0.1, 0.15) is 6.04 Å². The van der Waals surface area contributed by atoms with E-state index in [0.717, 1.165) is 16.7 Å². The summed E-state index contributed by atoms with van der Waals surface area (Å²) in [5.41, 5.74) is 10.3. The number of methoxy groups -OCH3 is 1. The van der Waals surface area contributed by atoms with Crippen molar-refractivity contribution in [2.75, 3.05) is 13.7 Å². The van der Waals surface area contributed by atoms with Gasteiger partial charge in [-0.1, -0.05) is 48.0 Å². The Kier molecular flexibility index (Phi) is 7.75. The third kappa shape index (κ3) is 5.67. The lowest BCUT2D eigenvalue weighted by molar-refractivity contribution is -0.123. The molecule has 2 aromatic rings. The molecule has 1 atom stereocenters. The van der Waals surface area contributed by atoms with Crippen molar-refractivity contribution in [2.45, 2.75) is 19.5 Å². The van der Waals surface area contributed by atoms with Crippen molar-refractivity contribution in [1.82, 2.24) is 5.32 Å². The topological polar surface area (TPSA) is 64.3 Å². The van der Waals surface area contributed by atoms with Gasteiger partial charge in [-0.3, -0.25) is 4.79 Å². The number of hydrogen-bond donors (Lipinski definition) is 2. The van der Waals surface area contributed by atoms with E-state index in [-0.39, 0.29) is 24.9 Å². The molecule has 23 heavy (non-hydrogen) atoms. The molecule has 0 saturated heterocycles. The fourth-order valence-corrected chi connectivity index (χ4v) is 2.18. The monoisotopic (exact) mass is 334 g/mol. The van der Waals surface area contributed by atoms with Crippen molar-refractivity contribution >= 4 is 18.3 Å². The maximum atomic E-state index is 11.8. The van der Waals surface area contributed by atoms with Crippen LogP contribution in [0, 0.1) is 6.92 Å². The number of carbonyl (C=O) groups is 1. The van der Waals surface area contributed by atoms with Crippen molar-refractivity contribution < 1.29 is 9.53 Å². The highest BCUT2D eigenvalue weighted by Crippen LogP contribution is 2.20. The summed E-state index contributed by atoms with van der Waals surface area (Å²) in [6.07, 6.45) is 0. The van der Waals surface area contributed by atoms with E-state index in [1.54, 1.807) is 0 Å². The first-order valence-electron chi connectivity index (χ1n) is 7.28. The fourth-order valence-electron chi connectivity index (χ4n) is 2.18. The van der Waals surface area contributed by atoms with Gasteiger partial charge in [0, 0.05) is 13.7 Å². The zero-order chi connectivity index (χ0) is 15.9. The number of benzene rings is 2. The predicted octanol–water partition coefficient (Wildman–Crippen LogP) is 2.67. The molecule has 124 valence electrons. The zero-order valence-corrected chi connectivity index (χ0v) is 14.2. The van der Waals surface area contributed by atoms with Crippen LogP contribution in [0.15, 0.2) is 48.5 Å². The van der Waals surface area contributed by atoms with Gasteiger partial charge < -0.3 is 15.8 Å². The molecule has 0 aliphatic heterocycles. The van der Waals surface area contributed by atoms with Gasteiger partial charge in [-0.15, -0.1) is 12.4 Å². The van der Waals surface area contributed by atoms with Crippen molar-refractivity contribution in [3.8, 4) is 11.1 Å². The molecule has 5 heteroatoms. The molecule has 0 saturated carbocycles. The minimum Gasteiger partial charge on any atom is -0.383 e. The second kappa shape index (κ2) is 9.30. The molecule has 0 aliphatic rings. The summed E-state index contributed by atoms with van der Waals surface area (Å²) in [6.45, 7) is 2.74. The maximum absolute atomic E-state index is 11.8. The summed E-state index contributed by atoms with van der Waals surface area (Å²) in [7, 11) is 1.53. The number of halogens is 1. The minimum absolute atomic E-state index is 0. The Bertz CT molecular complexity index is 629. The number of nitrogens with two attached hydrogens (primary N) is 1. The lowest BCUT2D eigenvalue weighted by atomic mass is 10.0. The van der Waals surface area contributed by atoms with Crippen LogP contribution in [0.5, 0.6) is 0 Å². The molecule has 1 amide bonds. The van der Waals surface area contributed by atoms with Gasteiger partial charge in [0.25, 0.3) is 0 Å². The Morgan fingerprint density at radius 1 is 1.17 bits per heavy atom. The summed E-state index contributed by atoms with van der Waals surface area (Å²) in [6, 6.07) is 15.9. The van der Waals surface area contributed by atoms with Crippen LogP contribution in [-0.4, -0.2) is 25.7 Å². The Balaban J connectivity index is 0.00000264. The lowest BCUT2D eigenvalue weighted by Crippen LogP contribution is -2.43. The predicted molar refractivity (Wildman–Crippen MR) is 95.6 cm³/mol. The quantitative estimate of drug-likeness (QED) is 0.853. The van der Waals surface area contributed by atoms with Crippen molar-refractivity contribution in [3.05, 3.63) is 59.7 Å². The summed E-state index contributed by atoms with van der Waals surface area (Å²) < 4.78 is 4.88. The van der Waals surface area contributed by atoms with Crippen molar-refractivity contribution in [3.63, 3.8) is 0 Å². The second-order valence-electron chi connectivity index (χ2n) is 5.35. The van der Waals surface area contributed by atoms with Gasteiger partial charge in [0.2, 0.25) is 5.91 Å². The van der Waals surface area contributed by atoms with Crippen LogP contribution >= 0.6 is 12.4 Å². The van der Waals surface area contributed by atoms with Gasteiger partial charge >= 0.3 is 0 Å². The Labute approximate surface area is 143 Å². The average Bonchev–Trinajstić information content (AvgIpc) is 2.54. The first-order chi connectivity index (χ1) is 10.6. The number of hydrogen-bond acceptors (Lipinski definition) is 3. The zero-order valence-electron chi connectivity index (χ0n) is 13.4. The molecule has 3 N–H and O–H groups in total. The largest absolute Gasteiger partial charge is 0.383 e. The fraction of sp³-hybridized carbons (Fsp3) is 0.278. The standard InChI is InChI=1S/C18H22N2O2.ClH/c1-13-6-8-15(9-7-13)16-5-3-4-14(10-16)11-20-18(21)17(19)12-22-2;/h3-10,17H,11-12,19H2,1-2H3,(H,20,21);1H. The molecule has 0 spiro atoms. The molecule has 2 aromatic carbocycles. The number of nitrogens with one attached hydrogen (secondary N) is 1. The van der Waals surface area contributed by atoms with E-state index in [2.05, 4.69) is 48.6 Å². The van der Waals surface area contributed by atoms with Crippen molar-refractivity contribution in [1.29, 1.82) is 0 Å². The Hall–Kier alpha value is -1.88. The molecule has 0 aliphatic carbocycles. The van der Waals surface area contributed by atoms with Crippen LogP contribution in [0.2, 0.25) is 0 Å². The van der Waals surface area contributed by atoms with E-state index in [4.69, 9.17) is 10.5 Å². The molecule has 0 fully saturated rings. The van der Waals surface area contributed by atoms with E-state index in [1.807, 2.05) is 12.1 Å². The van der Waals surface area contributed by atoms with Crippen LogP contribution in [0.1, 0.15) is 11.1 Å². The molecular weight excluding hydrogens is 312 g/mol. The van der Waals surface area contributed by atoms with Crippen LogP contribution in [0.4, 0.5) is 0 Å². The van der Waals surface area contributed by atoms with Crippen LogP contribution in [-0.2, 0) is 16.1 Å². The van der Waals surface area contributed by atoms with Gasteiger partial charge in [0.05, 0.1) is 6.61 Å². The van der Waals surface area contributed by atoms with Gasteiger partial charge in [-0.2, -0.15) is 0 Å². The summed E-state index contributed by atoms with van der Waals surface area (Å²) >= 11 is 0. The van der Waals surface area contributed by atoms with E-state index < -0.39 is 6.04 Å². The first kappa shape index (κ1) is 19.2. The summed E-state index contributed by atoms with van der Waals surface area (Å²) in [5.74, 6) is -0.206. The Morgan fingerprint density at radius 3 is 2.52 bits per heavy atom. The van der Waals surface area contributed by atoms with Gasteiger partial charge in [-0.25, -0.2) is 0 Å². The molecule has 0 heterocycles. The lowest BCUT2D eigenvalue weighted by Gasteiger charge is -2.12. The highest BCUT2D eigenvalue weighted by atomic mass is 35.5. The number of amides is 1. The van der Waals surface area contributed by atoms with E-state index >= 15 is 0 Å². The molecule has 1 unspecified atom stereocenters. The minimum atomic E-state index is -0.634. The number of aryl methyl sites for hydroxylation is 1. The number of rotatable bonds is 6. The molecule has 4 nitrogen and oxygen atoms in total. The highest BCUT2D eigenvalue weighted by molar-refractivity contribution is 5.85. The summed E-state index contributed by atoms with van der Waals surface area (Å²) in [5, 5.41) is 2.83. The van der Waals surface area contributed by atoms with E-state index in [0.29, 0.717) is 6.54 Å². The van der Waals surface area contributed by atoms with E-state index in [9.17, 15) is 4.79 Å². The van der Waals surface area contributed by atoms with Crippen LogP contribution in [0.25, 0.3) is 11.1 Å². The summed E-state index contributed by atoms with van der Waals surface area (Å²) in [4.78, 5) is 11.8. The van der Waals surface area contributed by atoms with Crippen LogP contribution in [0.3, 0.4) is 0 Å². The molecule has 0 aromatic heterocycles. The van der Waals surface area contributed by atoms with Crippen LogP contribution < -0.4 is 11.1 Å². The SMILES string of the molecule is COCC(N)C(=O)NCc1cccc(-c2ccc(C)cc2)c1.Cl. The Morgan fingerprint density at radius 2 is 1.87 bits per heavy atom. The highest BCUT2D eigenvalue weighted by Gasteiger charge is 2.12. The normalized spacial score (nSPS) is 11.4. The number of ether oxygens (including phenoxy) is 1. The average molecular weight is 335 g/mol. The van der Waals surface area contributed by atoms with Crippen molar-refractivity contribution in [2.24, 2.45) is 5.73 Å². The molecule has 0 bridgehead atoms. The number of carbonyl (C=O) groups excluding carboxylic acids is 1.